The van der Waals surface area contributed by atoms with E-state index in [9.17, 15) is 4.79 Å². The van der Waals surface area contributed by atoms with Gasteiger partial charge in [-0.05, 0) is 30.9 Å². The van der Waals surface area contributed by atoms with Crippen molar-refractivity contribution in [2.45, 2.75) is 32.8 Å². The van der Waals surface area contributed by atoms with Gasteiger partial charge >= 0.3 is 0 Å². The summed E-state index contributed by atoms with van der Waals surface area (Å²) >= 11 is 0. The fourth-order valence-corrected chi connectivity index (χ4v) is 2.20. The summed E-state index contributed by atoms with van der Waals surface area (Å²) in [6.45, 7) is 6.67. The monoisotopic (exact) mass is 262 g/mol. The van der Waals surface area contributed by atoms with Gasteiger partial charge in [-0.1, -0.05) is 13.8 Å². The zero-order valence-corrected chi connectivity index (χ0v) is 11.7. The standard InChI is InChI=1S/C15H22N2O2/c1-12(2)6-10-19-14-5-9-17(11-14)15(18)13-3-7-16-8-4-13/h3-4,7-8,12,14H,5-6,9-11H2,1-2H3/t14-/m0/s1. The normalized spacial score (nSPS) is 19.1. The van der Waals surface area contributed by atoms with Gasteiger partial charge in [0.05, 0.1) is 6.10 Å². The first-order chi connectivity index (χ1) is 9.16. The Kier molecular flexibility index (Phi) is 4.91. The van der Waals surface area contributed by atoms with Gasteiger partial charge in [0, 0.05) is 37.7 Å². The second-order valence-corrected chi connectivity index (χ2v) is 5.45. The zero-order valence-electron chi connectivity index (χ0n) is 11.7. The molecule has 0 unspecified atom stereocenters. The van der Waals surface area contributed by atoms with Crippen LogP contribution in [0.25, 0.3) is 0 Å². The van der Waals surface area contributed by atoms with Crippen LogP contribution >= 0.6 is 0 Å². The Morgan fingerprint density at radius 2 is 2.21 bits per heavy atom. The SMILES string of the molecule is CC(C)CCO[C@H]1CCN(C(=O)c2ccncc2)C1. The number of carbonyl (C=O) groups is 1. The smallest absolute Gasteiger partial charge is 0.254 e. The minimum Gasteiger partial charge on any atom is -0.376 e. The Hall–Kier alpha value is -1.42. The van der Waals surface area contributed by atoms with Crippen molar-refractivity contribution < 1.29 is 9.53 Å². The highest BCUT2D eigenvalue weighted by Crippen LogP contribution is 2.16. The lowest BCUT2D eigenvalue weighted by molar-refractivity contribution is 0.0484. The molecule has 1 atom stereocenters. The van der Waals surface area contributed by atoms with Gasteiger partial charge in [-0.2, -0.15) is 0 Å². The van der Waals surface area contributed by atoms with Crippen LogP contribution in [0.4, 0.5) is 0 Å². The topological polar surface area (TPSA) is 42.4 Å². The average Bonchev–Trinajstić information content (AvgIpc) is 2.87. The van der Waals surface area contributed by atoms with Crippen LogP contribution in [0.1, 0.15) is 37.0 Å². The van der Waals surface area contributed by atoms with Gasteiger partial charge in [-0.15, -0.1) is 0 Å². The Bertz CT molecular complexity index is 406. The molecule has 0 bridgehead atoms. The Balaban J connectivity index is 1.80. The van der Waals surface area contributed by atoms with Crippen molar-refractivity contribution in [3.05, 3.63) is 30.1 Å². The summed E-state index contributed by atoms with van der Waals surface area (Å²) in [4.78, 5) is 18.0. The largest absolute Gasteiger partial charge is 0.376 e. The van der Waals surface area contributed by atoms with Gasteiger partial charge < -0.3 is 9.64 Å². The molecule has 0 radical (unpaired) electrons. The van der Waals surface area contributed by atoms with Crippen molar-refractivity contribution in [3.8, 4) is 0 Å². The quantitative estimate of drug-likeness (QED) is 0.818. The Morgan fingerprint density at radius 1 is 1.47 bits per heavy atom. The molecule has 1 amide bonds. The fraction of sp³-hybridized carbons (Fsp3) is 0.600. The molecule has 0 aromatic carbocycles. The van der Waals surface area contributed by atoms with E-state index in [0.717, 1.165) is 26.0 Å². The molecule has 0 spiro atoms. The van der Waals surface area contributed by atoms with Crippen LogP contribution in [0, 0.1) is 5.92 Å². The molecule has 1 aliphatic rings. The molecule has 2 heterocycles. The summed E-state index contributed by atoms with van der Waals surface area (Å²) in [6.07, 6.45) is 5.52. The van der Waals surface area contributed by atoms with E-state index in [1.165, 1.54) is 0 Å². The van der Waals surface area contributed by atoms with Gasteiger partial charge in [0.25, 0.3) is 5.91 Å². The maximum Gasteiger partial charge on any atom is 0.254 e. The molecule has 1 aromatic heterocycles. The lowest BCUT2D eigenvalue weighted by Crippen LogP contribution is -2.30. The summed E-state index contributed by atoms with van der Waals surface area (Å²) in [5, 5.41) is 0. The van der Waals surface area contributed by atoms with Crippen LogP contribution in [-0.2, 0) is 4.74 Å². The number of ether oxygens (including phenoxy) is 1. The number of rotatable bonds is 5. The van der Waals surface area contributed by atoms with Crippen molar-refractivity contribution in [1.29, 1.82) is 0 Å². The maximum absolute atomic E-state index is 12.2. The van der Waals surface area contributed by atoms with Crippen LogP contribution in [0.5, 0.6) is 0 Å². The second kappa shape index (κ2) is 6.66. The van der Waals surface area contributed by atoms with E-state index in [1.54, 1.807) is 24.5 Å². The van der Waals surface area contributed by atoms with E-state index < -0.39 is 0 Å². The van der Waals surface area contributed by atoms with Gasteiger partial charge in [0.1, 0.15) is 0 Å². The van der Waals surface area contributed by atoms with E-state index in [2.05, 4.69) is 18.8 Å². The van der Waals surface area contributed by atoms with Crippen molar-refractivity contribution in [3.63, 3.8) is 0 Å². The number of amides is 1. The molecule has 4 nitrogen and oxygen atoms in total. The highest BCUT2D eigenvalue weighted by molar-refractivity contribution is 5.94. The predicted octanol–water partition coefficient (Wildman–Crippen LogP) is 2.36. The van der Waals surface area contributed by atoms with Gasteiger partial charge in [-0.3, -0.25) is 9.78 Å². The third-order valence-electron chi connectivity index (χ3n) is 3.41. The Labute approximate surface area is 114 Å². The summed E-state index contributed by atoms with van der Waals surface area (Å²) in [5.41, 5.74) is 0.706. The molecule has 1 saturated heterocycles. The molecule has 0 saturated carbocycles. The van der Waals surface area contributed by atoms with Gasteiger partial charge in [0.15, 0.2) is 0 Å². The molecule has 1 aromatic rings. The minimum absolute atomic E-state index is 0.0809. The number of nitrogens with zero attached hydrogens (tertiary/aromatic N) is 2. The number of aromatic nitrogens is 1. The number of hydrogen-bond acceptors (Lipinski definition) is 3. The fourth-order valence-electron chi connectivity index (χ4n) is 2.20. The molecule has 0 N–H and O–H groups in total. The van der Waals surface area contributed by atoms with Crippen molar-refractivity contribution in [2.75, 3.05) is 19.7 Å². The summed E-state index contributed by atoms with van der Waals surface area (Å²) in [7, 11) is 0. The summed E-state index contributed by atoms with van der Waals surface area (Å²) < 4.78 is 5.82. The number of likely N-dealkylation sites (tertiary alicyclic amines) is 1. The third kappa shape index (κ3) is 4.03. The van der Waals surface area contributed by atoms with E-state index >= 15 is 0 Å². The van der Waals surface area contributed by atoms with Crippen LogP contribution < -0.4 is 0 Å². The maximum atomic E-state index is 12.2. The average molecular weight is 262 g/mol. The van der Waals surface area contributed by atoms with E-state index in [1.807, 2.05) is 4.90 Å². The van der Waals surface area contributed by atoms with Crippen molar-refractivity contribution in [1.82, 2.24) is 9.88 Å². The third-order valence-corrected chi connectivity index (χ3v) is 3.41. The molecule has 19 heavy (non-hydrogen) atoms. The molecule has 4 heteroatoms. The van der Waals surface area contributed by atoms with E-state index in [0.29, 0.717) is 18.0 Å². The highest BCUT2D eigenvalue weighted by atomic mass is 16.5. The Morgan fingerprint density at radius 3 is 2.89 bits per heavy atom. The van der Waals surface area contributed by atoms with Crippen molar-refractivity contribution in [2.24, 2.45) is 5.92 Å². The molecule has 1 fully saturated rings. The first-order valence-corrected chi connectivity index (χ1v) is 6.97. The first kappa shape index (κ1) is 14.0. The van der Waals surface area contributed by atoms with Gasteiger partial charge in [0.2, 0.25) is 0 Å². The van der Waals surface area contributed by atoms with Crippen LogP contribution in [0.2, 0.25) is 0 Å². The predicted molar refractivity (Wildman–Crippen MR) is 74.0 cm³/mol. The molecular formula is C15H22N2O2. The highest BCUT2D eigenvalue weighted by Gasteiger charge is 2.27. The van der Waals surface area contributed by atoms with Crippen LogP contribution in [-0.4, -0.2) is 41.6 Å². The van der Waals surface area contributed by atoms with Crippen molar-refractivity contribution >= 4 is 5.91 Å². The van der Waals surface area contributed by atoms with Crippen LogP contribution in [0.3, 0.4) is 0 Å². The summed E-state index contributed by atoms with van der Waals surface area (Å²) in [6, 6.07) is 3.52. The van der Waals surface area contributed by atoms with Crippen LogP contribution in [0.15, 0.2) is 24.5 Å². The molecule has 104 valence electrons. The molecule has 0 aliphatic carbocycles. The zero-order chi connectivity index (χ0) is 13.7. The molecule has 2 rings (SSSR count). The lowest BCUT2D eigenvalue weighted by Gasteiger charge is -2.17. The molecule has 1 aliphatic heterocycles. The number of hydrogen-bond donors (Lipinski definition) is 0. The number of carbonyl (C=O) groups excluding carboxylic acids is 1. The lowest BCUT2D eigenvalue weighted by atomic mass is 10.1. The summed E-state index contributed by atoms with van der Waals surface area (Å²) in [5.74, 6) is 0.744. The number of pyridine rings is 1. The first-order valence-electron chi connectivity index (χ1n) is 6.97. The van der Waals surface area contributed by atoms with E-state index in [4.69, 9.17) is 4.74 Å². The molecular weight excluding hydrogens is 240 g/mol. The second-order valence-electron chi connectivity index (χ2n) is 5.45. The van der Waals surface area contributed by atoms with E-state index in [-0.39, 0.29) is 12.0 Å². The minimum atomic E-state index is 0.0809. The van der Waals surface area contributed by atoms with Gasteiger partial charge in [-0.25, -0.2) is 0 Å².